The van der Waals surface area contributed by atoms with Crippen molar-refractivity contribution >= 4 is 28.5 Å². The molecule has 0 saturated carbocycles. The molecule has 2 N–H and O–H groups in total. The molecular formula is C10H12INO2. The molecule has 14 heavy (non-hydrogen) atoms. The standard InChI is InChI=1S/C10H12INO2/c11-5-6-12-10(14)7-8-3-1-2-4-9(8)13/h1-4,13H,5-7H2,(H,12,14). The molecule has 0 saturated heterocycles. The summed E-state index contributed by atoms with van der Waals surface area (Å²) in [4.78, 5) is 11.3. The van der Waals surface area contributed by atoms with Gasteiger partial charge in [0.1, 0.15) is 5.75 Å². The molecule has 0 bridgehead atoms. The highest BCUT2D eigenvalue weighted by Crippen LogP contribution is 2.15. The molecule has 0 heterocycles. The van der Waals surface area contributed by atoms with Crippen LogP contribution in [0.1, 0.15) is 5.56 Å². The van der Waals surface area contributed by atoms with Gasteiger partial charge in [-0.25, -0.2) is 0 Å². The van der Waals surface area contributed by atoms with Gasteiger partial charge in [-0.2, -0.15) is 0 Å². The lowest BCUT2D eigenvalue weighted by atomic mass is 10.1. The molecule has 0 aliphatic carbocycles. The van der Waals surface area contributed by atoms with Crippen LogP contribution in [0.5, 0.6) is 5.75 Å². The Balaban J connectivity index is 2.52. The van der Waals surface area contributed by atoms with Crippen molar-refractivity contribution in [3.05, 3.63) is 29.8 Å². The van der Waals surface area contributed by atoms with Crippen molar-refractivity contribution in [2.45, 2.75) is 6.42 Å². The van der Waals surface area contributed by atoms with Crippen LogP contribution in [-0.4, -0.2) is 22.0 Å². The third-order valence-electron chi connectivity index (χ3n) is 1.76. The Morgan fingerprint density at radius 1 is 1.43 bits per heavy atom. The smallest absolute Gasteiger partial charge is 0.224 e. The maximum atomic E-state index is 11.3. The van der Waals surface area contributed by atoms with Gasteiger partial charge in [0, 0.05) is 16.5 Å². The summed E-state index contributed by atoms with van der Waals surface area (Å²) in [7, 11) is 0. The number of benzene rings is 1. The van der Waals surface area contributed by atoms with E-state index in [4.69, 9.17) is 0 Å². The first-order valence-corrected chi connectivity index (χ1v) is 5.86. The van der Waals surface area contributed by atoms with Crippen molar-refractivity contribution in [1.29, 1.82) is 0 Å². The molecule has 0 spiro atoms. The number of carbonyl (C=O) groups is 1. The Hall–Kier alpha value is -0.780. The van der Waals surface area contributed by atoms with E-state index in [0.29, 0.717) is 12.1 Å². The van der Waals surface area contributed by atoms with Gasteiger partial charge in [0.25, 0.3) is 0 Å². The molecule has 0 radical (unpaired) electrons. The fraction of sp³-hybridized carbons (Fsp3) is 0.300. The van der Waals surface area contributed by atoms with E-state index in [-0.39, 0.29) is 18.1 Å². The van der Waals surface area contributed by atoms with E-state index in [2.05, 4.69) is 27.9 Å². The molecule has 1 rings (SSSR count). The molecule has 0 fully saturated rings. The number of halogens is 1. The first-order chi connectivity index (χ1) is 6.74. The van der Waals surface area contributed by atoms with Crippen molar-refractivity contribution in [2.24, 2.45) is 0 Å². The lowest BCUT2D eigenvalue weighted by Gasteiger charge is -2.04. The fourth-order valence-electron chi connectivity index (χ4n) is 1.08. The topological polar surface area (TPSA) is 49.3 Å². The third-order valence-corrected chi connectivity index (χ3v) is 2.30. The second kappa shape index (κ2) is 5.85. The first kappa shape index (κ1) is 11.3. The van der Waals surface area contributed by atoms with Crippen molar-refractivity contribution in [2.75, 3.05) is 11.0 Å². The van der Waals surface area contributed by atoms with E-state index in [1.54, 1.807) is 24.3 Å². The summed E-state index contributed by atoms with van der Waals surface area (Å²) < 4.78 is 0.893. The monoisotopic (exact) mass is 305 g/mol. The van der Waals surface area contributed by atoms with Crippen LogP contribution in [0.15, 0.2) is 24.3 Å². The number of para-hydroxylation sites is 1. The summed E-state index contributed by atoms with van der Waals surface area (Å²) in [5, 5.41) is 12.2. The van der Waals surface area contributed by atoms with E-state index < -0.39 is 0 Å². The number of hydrogen-bond acceptors (Lipinski definition) is 2. The Labute approximate surface area is 96.7 Å². The zero-order valence-electron chi connectivity index (χ0n) is 7.66. The van der Waals surface area contributed by atoms with E-state index >= 15 is 0 Å². The summed E-state index contributed by atoms with van der Waals surface area (Å²) in [6.07, 6.45) is 0.239. The highest BCUT2D eigenvalue weighted by molar-refractivity contribution is 14.1. The average Bonchev–Trinajstić information content (AvgIpc) is 2.18. The Kier molecular flexibility index (Phi) is 4.72. The minimum absolute atomic E-state index is 0.0526. The van der Waals surface area contributed by atoms with Crippen LogP contribution in [0.25, 0.3) is 0 Å². The minimum atomic E-state index is -0.0526. The molecular weight excluding hydrogens is 293 g/mol. The minimum Gasteiger partial charge on any atom is -0.508 e. The molecule has 76 valence electrons. The Morgan fingerprint density at radius 2 is 2.14 bits per heavy atom. The second-order valence-corrected chi connectivity index (χ2v) is 3.92. The number of carbonyl (C=O) groups excluding carboxylic acids is 1. The quantitative estimate of drug-likeness (QED) is 0.654. The van der Waals surface area contributed by atoms with Gasteiger partial charge in [0.15, 0.2) is 0 Å². The van der Waals surface area contributed by atoms with Crippen molar-refractivity contribution in [3.63, 3.8) is 0 Å². The van der Waals surface area contributed by atoms with Gasteiger partial charge in [-0.3, -0.25) is 4.79 Å². The van der Waals surface area contributed by atoms with E-state index in [9.17, 15) is 9.90 Å². The van der Waals surface area contributed by atoms with Crippen LogP contribution in [-0.2, 0) is 11.2 Å². The average molecular weight is 305 g/mol. The predicted octanol–water partition coefficient (Wildman–Crippen LogP) is 1.49. The molecule has 1 aromatic carbocycles. The van der Waals surface area contributed by atoms with Crippen LogP contribution < -0.4 is 5.32 Å². The summed E-state index contributed by atoms with van der Waals surface area (Å²) in [6, 6.07) is 6.88. The Morgan fingerprint density at radius 3 is 2.79 bits per heavy atom. The lowest BCUT2D eigenvalue weighted by Crippen LogP contribution is -2.26. The molecule has 0 atom stereocenters. The number of aromatic hydroxyl groups is 1. The largest absolute Gasteiger partial charge is 0.508 e. The zero-order valence-corrected chi connectivity index (χ0v) is 9.82. The predicted molar refractivity (Wildman–Crippen MR) is 63.7 cm³/mol. The number of amides is 1. The Bertz CT molecular complexity index is 315. The van der Waals surface area contributed by atoms with Crippen LogP contribution in [0.3, 0.4) is 0 Å². The van der Waals surface area contributed by atoms with Crippen LogP contribution in [0, 0.1) is 0 Å². The zero-order chi connectivity index (χ0) is 10.4. The third kappa shape index (κ3) is 3.53. The van der Waals surface area contributed by atoms with Gasteiger partial charge in [0.05, 0.1) is 6.42 Å². The van der Waals surface area contributed by atoms with E-state index in [1.807, 2.05) is 0 Å². The van der Waals surface area contributed by atoms with Gasteiger partial charge in [0.2, 0.25) is 5.91 Å². The molecule has 0 aliphatic heterocycles. The summed E-state index contributed by atoms with van der Waals surface area (Å²) in [6.45, 7) is 0.674. The SMILES string of the molecule is O=C(Cc1ccccc1O)NCCI. The van der Waals surface area contributed by atoms with Gasteiger partial charge in [-0.15, -0.1) is 0 Å². The first-order valence-electron chi connectivity index (χ1n) is 4.33. The number of alkyl halides is 1. The molecule has 4 heteroatoms. The van der Waals surface area contributed by atoms with E-state index in [1.165, 1.54) is 0 Å². The van der Waals surface area contributed by atoms with Crippen LogP contribution in [0.4, 0.5) is 0 Å². The highest BCUT2D eigenvalue weighted by atomic mass is 127. The highest BCUT2D eigenvalue weighted by Gasteiger charge is 2.05. The molecule has 3 nitrogen and oxygen atoms in total. The van der Waals surface area contributed by atoms with Crippen molar-refractivity contribution < 1.29 is 9.90 Å². The summed E-state index contributed by atoms with van der Waals surface area (Å²) >= 11 is 2.19. The molecule has 1 aromatic rings. The van der Waals surface area contributed by atoms with E-state index in [0.717, 1.165) is 4.43 Å². The second-order valence-electron chi connectivity index (χ2n) is 2.84. The maximum absolute atomic E-state index is 11.3. The number of rotatable bonds is 4. The van der Waals surface area contributed by atoms with Crippen molar-refractivity contribution in [1.82, 2.24) is 5.32 Å². The maximum Gasteiger partial charge on any atom is 0.224 e. The molecule has 0 aliphatic rings. The molecule has 1 amide bonds. The van der Waals surface area contributed by atoms with Crippen LogP contribution in [0.2, 0.25) is 0 Å². The van der Waals surface area contributed by atoms with Crippen molar-refractivity contribution in [3.8, 4) is 5.75 Å². The van der Waals surface area contributed by atoms with Gasteiger partial charge < -0.3 is 10.4 Å². The van der Waals surface area contributed by atoms with Gasteiger partial charge in [-0.05, 0) is 6.07 Å². The number of nitrogens with one attached hydrogen (secondary N) is 1. The van der Waals surface area contributed by atoms with Gasteiger partial charge in [-0.1, -0.05) is 40.8 Å². The number of hydrogen-bond donors (Lipinski definition) is 2. The normalized spacial score (nSPS) is 9.79. The summed E-state index contributed by atoms with van der Waals surface area (Å²) in [5.74, 6) is 0.125. The number of phenols is 1. The molecule has 0 aromatic heterocycles. The fourth-order valence-corrected chi connectivity index (χ4v) is 1.35. The number of phenolic OH excluding ortho intramolecular Hbond substituents is 1. The van der Waals surface area contributed by atoms with Gasteiger partial charge >= 0.3 is 0 Å². The van der Waals surface area contributed by atoms with Crippen LogP contribution >= 0.6 is 22.6 Å². The summed E-state index contributed by atoms with van der Waals surface area (Å²) in [5.41, 5.74) is 0.665. The molecule has 0 unspecified atom stereocenters. The lowest BCUT2D eigenvalue weighted by molar-refractivity contribution is -0.120.